The topological polar surface area (TPSA) is 58.4 Å². The molecular formula is C10H19N3O. The van der Waals surface area contributed by atoms with Gasteiger partial charge in [-0.05, 0) is 25.2 Å². The van der Waals surface area contributed by atoms with Crippen LogP contribution in [0.25, 0.3) is 0 Å². The summed E-state index contributed by atoms with van der Waals surface area (Å²) in [6.07, 6.45) is 3.41. The molecule has 80 valence electrons. The van der Waals surface area contributed by atoms with Gasteiger partial charge in [0.05, 0.1) is 0 Å². The second kappa shape index (κ2) is 3.77. The number of rotatable bonds is 2. The summed E-state index contributed by atoms with van der Waals surface area (Å²) in [5.74, 6) is 0.851. The number of piperidine rings is 1. The summed E-state index contributed by atoms with van der Waals surface area (Å²) < 4.78 is 0. The van der Waals surface area contributed by atoms with Crippen molar-refractivity contribution in [2.75, 3.05) is 13.1 Å². The minimum absolute atomic E-state index is 0.275. The highest BCUT2D eigenvalue weighted by Crippen LogP contribution is 2.30. The van der Waals surface area contributed by atoms with Crippen LogP contribution in [0.4, 0.5) is 4.79 Å². The standard InChI is InChI=1S/C10H19N3O/c1-7-6-9(7)12-8-2-4-13(5-3-8)10(11)14/h7-9,12H,2-6H2,1H3,(H2,11,14). The molecule has 14 heavy (non-hydrogen) atoms. The van der Waals surface area contributed by atoms with Crippen molar-refractivity contribution >= 4 is 6.03 Å². The van der Waals surface area contributed by atoms with Gasteiger partial charge in [0.2, 0.25) is 0 Å². The fourth-order valence-corrected chi connectivity index (χ4v) is 2.12. The number of carbonyl (C=O) groups is 1. The Morgan fingerprint density at radius 3 is 2.43 bits per heavy atom. The molecule has 0 radical (unpaired) electrons. The minimum atomic E-state index is -0.275. The van der Waals surface area contributed by atoms with Crippen LogP contribution in [0.2, 0.25) is 0 Å². The molecule has 2 fully saturated rings. The Balaban J connectivity index is 1.70. The van der Waals surface area contributed by atoms with Gasteiger partial charge in [-0.15, -0.1) is 0 Å². The number of amides is 2. The SMILES string of the molecule is CC1CC1NC1CCN(C(N)=O)CC1. The smallest absolute Gasteiger partial charge is 0.314 e. The third kappa shape index (κ3) is 2.18. The molecular weight excluding hydrogens is 178 g/mol. The quantitative estimate of drug-likeness (QED) is 0.678. The van der Waals surface area contributed by atoms with E-state index in [1.165, 1.54) is 6.42 Å². The maximum atomic E-state index is 10.9. The first-order chi connectivity index (χ1) is 6.66. The van der Waals surface area contributed by atoms with E-state index in [0.29, 0.717) is 6.04 Å². The van der Waals surface area contributed by atoms with Crippen LogP contribution < -0.4 is 11.1 Å². The number of urea groups is 1. The van der Waals surface area contributed by atoms with Crippen molar-refractivity contribution in [1.29, 1.82) is 0 Å². The maximum absolute atomic E-state index is 10.9. The molecule has 1 aliphatic carbocycles. The van der Waals surface area contributed by atoms with Crippen LogP contribution in [0, 0.1) is 5.92 Å². The lowest BCUT2D eigenvalue weighted by atomic mass is 10.1. The molecule has 1 aliphatic heterocycles. The molecule has 4 heteroatoms. The van der Waals surface area contributed by atoms with Crippen LogP contribution in [0.5, 0.6) is 0 Å². The molecule has 1 saturated carbocycles. The molecule has 2 amide bonds. The number of primary amides is 1. The molecule has 1 heterocycles. The fourth-order valence-electron chi connectivity index (χ4n) is 2.12. The summed E-state index contributed by atoms with van der Waals surface area (Å²) in [6, 6.07) is 1.06. The monoisotopic (exact) mass is 197 g/mol. The van der Waals surface area contributed by atoms with Gasteiger partial charge >= 0.3 is 6.03 Å². The molecule has 0 aromatic rings. The molecule has 2 rings (SSSR count). The maximum Gasteiger partial charge on any atom is 0.314 e. The molecule has 0 spiro atoms. The Morgan fingerprint density at radius 1 is 1.43 bits per heavy atom. The van der Waals surface area contributed by atoms with Gasteiger partial charge in [-0.1, -0.05) is 6.92 Å². The third-order valence-corrected chi connectivity index (χ3v) is 3.37. The van der Waals surface area contributed by atoms with Gasteiger partial charge in [-0.25, -0.2) is 4.79 Å². The predicted molar refractivity (Wildman–Crippen MR) is 54.9 cm³/mol. The predicted octanol–water partition coefficient (Wildman–Crippen LogP) is 0.527. The molecule has 1 saturated heterocycles. The van der Waals surface area contributed by atoms with E-state index < -0.39 is 0 Å². The summed E-state index contributed by atoms with van der Waals surface area (Å²) in [6.45, 7) is 3.90. The van der Waals surface area contributed by atoms with Crippen molar-refractivity contribution in [2.24, 2.45) is 11.7 Å². The summed E-state index contributed by atoms with van der Waals surface area (Å²) in [5.41, 5.74) is 5.21. The Hall–Kier alpha value is -0.770. The first kappa shape index (κ1) is 9.77. The first-order valence-electron chi connectivity index (χ1n) is 5.47. The van der Waals surface area contributed by atoms with Crippen molar-refractivity contribution in [1.82, 2.24) is 10.2 Å². The number of carbonyl (C=O) groups excluding carboxylic acids is 1. The van der Waals surface area contributed by atoms with Gasteiger partial charge in [0.1, 0.15) is 0 Å². The van der Waals surface area contributed by atoms with Crippen molar-refractivity contribution in [3.63, 3.8) is 0 Å². The van der Waals surface area contributed by atoms with E-state index in [1.54, 1.807) is 4.90 Å². The lowest BCUT2D eigenvalue weighted by molar-refractivity contribution is 0.184. The molecule has 0 aromatic carbocycles. The van der Waals surface area contributed by atoms with Crippen LogP contribution in [0.1, 0.15) is 26.2 Å². The minimum Gasteiger partial charge on any atom is -0.351 e. The third-order valence-electron chi connectivity index (χ3n) is 3.37. The highest BCUT2D eigenvalue weighted by Gasteiger charge is 2.34. The first-order valence-corrected chi connectivity index (χ1v) is 5.47. The largest absolute Gasteiger partial charge is 0.351 e. The van der Waals surface area contributed by atoms with E-state index in [1.807, 2.05) is 0 Å². The Kier molecular flexibility index (Phi) is 2.63. The molecule has 0 bridgehead atoms. The van der Waals surface area contributed by atoms with Gasteiger partial charge in [0.15, 0.2) is 0 Å². The summed E-state index contributed by atoms with van der Waals surface area (Å²) in [5, 5.41) is 3.62. The zero-order chi connectivity index (χ0) is 10.1. The number of likely N-dealkylation sites (tertiary alicyclic amines) is 1. The Morgan fingerprint density at radius 2 is 2.00 bits per heavy atom. The van der Waals surface area contributed by atoms with Crippen LogP contribution in [0.15, 0.2) is 0 Å². The normalized spacial score (nSPS) is 33.1. The van der Waals surface area contributed by atoms with Gasteiger partial charge < -0.3 is 16.0 Å². The molecule has 2 unspecified atom stereocenters. The van der Waals surface area contributed by atoms with Gasteiger partial charge in [-0.2, -0.15) is 0 Å². The van der Waals surface area contributed by atoms with Crippen LogP contribution in [0.3, 0.4) is 0 Å². The lowest BCUT2D eigenvalue weighted by Crippen LogP contribution is -2.47. The van der Waals surface area contributed by atoms with E-state index in [-0.39, 0.29) is 6.03 Å². The van der Waals surface area contributed by atoms with Gasteiger partial charge in [-0.3, -0.25) is 0 Å². The fraction of sp³-hybridized carbons (Fsp3) is 0.900. The molecule has 3 N–H and O–H groups in total. The summed E-state index contributed by atoms with van der Waals surface area (Å²) in [4.78, 5) is 12.6. The average Bonchev–Trinajstić information content (AvgIpc) is 2.82. The van der Waals surface area contributed by atoms with Crippen molar-refractivity contribution in [3.05, 3.63) is 0 Å². The van der Waals surface area contributed by atoms with Gasteiger partial charge in [0.25, 0.3) is 0 Å². The van der Waals surface area contributed by atoms with E-state index in [4.69, 9.17) is 5.73 Å². The number of hydrogen-bond acceptors (Lipinski definition) is 2. The molecule has 2 atom stereocenters. The molecule has 2 aliphatic rings. The van der Waals surface area contributed by atoms with Crippen molar-refractivity contribution < 1.29 is 4.79 Å². The second-order valence-electron chi connectivity index (χ2n) is 4.59. The van der Waals surface area contributed by atoms with E-state index in [0.717, 1.165) is 37.9 Å². The zero-order valence-electron chi connectivity index (χ0n) is 8.70. The van der Waals surface area contributed by atoms with E-state index in [2.05, 4.69) is 12.2 Å². The van der Waals surface area contributed by atoms with Crippen LogP contribution in [-0.2, 0) is 0 Å². The average molecular weight is 197 g/mol. The second-order valence-corrected chi connectivity index (χ2v) is 4.59. The number of hydrogen-bond donors (Lipinski definition) is 2. The van der Waals surface area contributed by atoms with Crippen LogP contribution in [-0.4, -0.2) is 36.1 Å². The van der Waals surface area contributed by atoms with E-state index >= 15 is 0 Å². The zero-order valence-corrected chi connectivity index (χ0v) is 8.70. The number of nitrogens with zero attached hydrogens (tertiary/aromatic N) is 1. The molecule has 0 aromatic heterocycles. The lowest BCUT2D eigenvalue weighted by Gasteiger charge is -2.31. The Bertz CT molecular complexity index is 223. The van der Waals surface area contributed by atoms with Crippen molar-refractivity contribution in [3.8, 4) is 0 Å². The highest BCUT2D eigenvalue weighted by molar-refractivity contribution is 5.72. The summed E-state index contributed by atoms with van der Waals surface area (Å²) in [7, 11) is 0. The summed E-state index contributed by atoms with van der Waals surface area (Å²) >= 11 is 0. The van der Waals surface area contributed by atoms with Gasteiger partial charge in [0, 0.05) is 25.2 Å². The Labute approximate surface area is 84.8 Å². The number of nitrogens with two attached hydrogens (primary N) is 1. The molecule has 4 nitrogen and oxygen atoms in total. The van der Waals surface area contributed by atoms with Crippen LogP contribution >= 0.6 is 0 Å². The highest BCUT2D eigenvalue weighted by atomic mass is 16.2. The van der Waals surface area contributed by atoms with Crippen molar-refractivity contribution in [2.45, 2.75) is 38.3 Å². The number of nitrogens with one attached hydrogen (secondary N) is 1. The van der Waals surface area contributed by atoms with E-state index in [9.17, 15) is 4.79 Å².